The van der Waals surface area contributed by atoms with Crippen molar-refractivity contribution in [1.29, 1.82) is 0 Å². The van der Waals surface area contributed by atoms with Crippen molar-refractivity contribution in [3.63, 3.8) is 0 Å². The molecule has 0 bridgehead atoms. The Morgan fingerprint density at radius 2 is 2.24 bits per heavy atom. The van der Waals surface area contributed by atoms with E-state index in [0.717, 1.165) is 4.09 Å². The third kappa shape index (κ3) is 2.26. The minimum atomic E-state index is -3.38. The average molecular weight is 253 g/mol. The molecule has 2 aromatic heterocycles. The lowest BCUT2D eigenvalue weighted by molar-refractivity contribution is 0.581. The molecule has 0 unspecified atom stereocenters. The first-order valence-corrected chi connectivity index (χ1v) is 6.50. The first kappa shape index (κ1) is 11.5. The molecule has 0 fully saturated rings. The highest BCUT2D eigenvalue weighted by molar-refractivity contribution is 7.89. The molecule has 0 aliphatic carbocycles. The van der Waals surface area contributed by atoms with Crippen LogP contribution in [0.25, 0.3) is 11.4 Å². The molecular formula is C9H11N5O2S. The zero-order valence-electron chi connectivity index (χ0n) is 9.11. The van der Waals surface area contributed by atoms with Crippen molar-refractivity contribution in [3.8, 4) is 11.4 Å². The van der Waals surface area contributed by atoms with E-state index in [1.54, 1.807) is 13.0 Å². The summed E-state index contributed by atoms with van der Waals surface area (Å²) in [4.78, 5) is 7.97. The molecule has 0 atom stereocenters. The van der Waals surface area contributed by atoms with Gasteiger partial charge in [-0.25, -0.2) is 18.4 Å². The number of hydrogen-bond donors (Lipinski definition) is 1. The minimum Gasteiger partial charge on any atom is -0.384 e. The summed E-state index contributed by atoms with van der Waals surface area (Å²) in [6.45, 7) is 1.55. The third-order valence-corrected chi connectivity index (χ3v) is 3.64. The van der Waals surface area contributed by atoms with Crippen molar-refractivity contribution >= 4 is 15.8 Å². The summed E-state index contributed by atoms with van der Waals surface area (Å²) in [5.41, 5.74) is 6.03. The summed E-state index contributed by atoms with van der Waals surface area (Å²) in [6.07, 6.45) is 4.26. The molecule has 0 amide bonds. The molecule has 0 aromatic carbocycles. The van der Waals surface area contributed by atoms with Gasteiger partial charge < -0.3 is 5.73 Å². The van der Waals surface area contributed by atoms with E-state index < -0.39 is 10.0 Å². The van der Waals surface area contributed by atoms with Gasteiger partial charge in [-0.15, -0.1) is 0 Å². The van der Waals surface area contributed by atoms with Crippen LogP contribution in [0.15, 0.2) is 24.7 Å². The van der Waals surface area contributed by atoms with E-state index in [1.165, 1.54) is 18.6 Å². The van der Waals surface area contributed by atoms with Crippen molar-refractivity contribution < 1.29 is 8.42 Å². The number of nitrogens with zero attached hydrogens (tertiary/aromatic N) is 4. The second-order valence-electron chi connectivity index (χ2n) is 3.31. The fourth-order valence-corrected chi connectivity index (χ4v) is 1.95. The molecule has 2 N–H and O–H groups in total. The zero-order valence-corrected chi connectivity index (χ0v) is 9.92. The minimum absolute atomic E-state index is 0.0219. The van der Waals surface area contributed by atoms with Crippen molar-refractivity contribution in [2.45, 2.75) is 6.92 Å². The van der Waals surface area contributed by atoms with Crippen molar-refractivity contribution in [2.75, 3.05) is 11.5 Å². The first-order valence-electron chi connectivity index (χ1n) is 4.90. The van der Waals surface area contributed by atoms with E-state index in [9.17, 15) is 8.42 Å². The van der Waals surface area contributed by atoms with Crippen molar-refractivity contribution in [3.05, 3.63) is 24.7 Å². The number of rotatable bonds is 3. The van der Waals surface area contributed by atoms with Crippen LogP contribution in [0.2, 0.25) is 0 Å². The molecule has 17 heavy (non-hydrogen) atoms. The van der Waals surface area contributed by atoms with Gasteiger partial charge in [0.05, 0.1) is 23.7 Å². The first-order chi connectivity index (χ1) is 8.03. The van der Waals surface area contributed by atoms with Crippen LogP contribution in [0.3, 0.4) is 0 Å². The highest BCUT2D eigenvalue weighted by Crippen LogP contribution is 2.14. The summed E-state index contributed by atoms with van der Waals surface area (Å²) < 4.78 is 24.0. The Labute approximate surface area is 98.4 Å². The van der Waals surface area contributed by atoms with E-state index in [0.29, 0.717) is 17.2 Å². The summed E-state index contributed by atoms with van der Waals surface area (Å²) in [7, 11) is -3.38. The van der Waals surface area contributed by atoms with E-state index >= 15 is 0 Å². The van der Waals surface area contributed by atoms with Gasteiger partial charge in [0, 0.05) is 6.20 Å². The van der Waals surface area contributed by atoms with E-state index in [1.807, 2.05) is 0 Å². The predicted molar refractivity (Wildman–Crippen MR) is 62.5 cm³/mol. The number of nitrogen functional groups attached to an aromatic ring is 1. The van der Waals surface area contributed by atoms with Crippen LogP contribution in [0, 0.1) is 0 Å². The number of hydrogen-bond acceptors (Lipinski definition) is 6. The smallest absolute Gasteiger partial charge is 0.253 e. The molecule has 0 aliphatic heterocycles. The van der Waals surface area contributed by atoms with Gasteiger partial charge in [-0.3, -0.25) is 0 Å². The van der Waals surface area contributed by atoms with Crippen LogP contribution in [-0.4, -0.2) is 33.3 Å². The standard InChI is InChI=1S/C9H11N5O2S/c1-2-17(15,16)14-6-7(5-12-14)9-11-4-3-8(10)13-9/h3-6H,2H2,1H3,(H2,10,11,13). The molecule has 7 nitrogen and oxygen atoms in total. The van der Waals surface area contributed by atoms with Crippen LogP contribution >= 0.6 is 0 Å². The second-order valence-corrected chi connectivity index (χ2v) is 5.42. The lowest BCUT2D eigenvalue weighted by atomic mass is 10.3. The summed E-state index contributed by atoms with van der Waals surface area (Å²) in [6, 6.07) is 1.55. The SMILES string of the molecule is CCS(=O)(=O)n1cc(-c2nccc(N)n2)cn1. The van der Waals surface area contributed by atoms with Gasteiger partial charge in [-0.1, -0.05) is 0 Å². The topological polar surface area (TPSA) is 104 Å². The quantitative estimate of drug-likeness (QED) is 0.833. The molecule has 8 heteroatoms. The number of aromatic nitrogens is 4. The molecule has 0 saturated carbocycles. The molecule has 90 valence electrons. The van der Waals surface area contributed by atoms with Crippen molar-refractivity contribution in [1.82, 2.24) is 19.2 Å². The second kappa shape index (κ2) is 4.13. The molecule has 2 heterocycles. The average Bonchev–Trinajstić information content (AvgIpc) is 2.79. The van der Waals surface area contributed by atoms with Crippen molar-refractivity contribution in [2.24, 2.45) is 0 Å². The van der Waals surface area contributed by atoms with Gasteiger partial charge in [-0.2, -0.15) is 9.19 Å². The normalized spacial score (nSPS) is 11.6. The largest absolute Gasteiger partial charge is 0.384 e. The molecule has 2 aromatic rings. The predicted octanol–water partition coefficient (Wildman–Crippen LogP) is 0.120. The fourth-order valence-electron chi connectivity index (χ4n) is 1.22. The number of nitrogens with two attached hydrogens (primary N) is 1. The summed E-state index contributed by atoms with van der Waals surface area (Å²) in [5.74, 6) is 0.648. The lowest BCUT2D eigenvalue weighted by Crippen LogP contribution is -2.14. The summed E-state index contributed by atoms with van der Waals surface area (Å²) in [5, 5.41) is 3.77. The highest BCUT2D eigenvalue weighted by atomic mass is 32.2. The maximum absolute atomic E-state index is 11.5. The zero-order chi connectivity index (χ0) is 12.5. The Balaban J connectivity index is 2.43. The number of anilines is 1. The van der Waals surface area contributed by atoms with Crippen LogP contribution in [0.1, 0.15) is 6.92 Å². The van der Waals surface area contributed by atoms with Gasteiger partial charge >= 0.3 is 0 Å². The molecule has 0 radical (unpaired) electrons. The van der Waals surface area contributed by atoms with Gasteiger partial charge in [0.15, 0.2) is 5.82 Å². The Hall–Kier alpha value is -1.96. The molecule has 0 spiro atoms. The lowest BCUT2D eigenvalue weighted by Gasteiger charge is -1.99. The Morgan fingerprint density at radius 3 is 2.88 bits per heavy atom. The Kier molecular flexibility index (Phi) is 2.80. The van der Waals surface area contributed by atoms with Gasteiger partial charge in [0.1, 0.15) is 5.82 Å². The van der Waals surface area contributed by atoms with E-state index in [-0.39, 0.29) is 5.75 Å². The molecule has 0 aliphatic rings. The van der Waals surface area contributed by atoms with Gasteiger partial charge in [-0.05, 0) is 13.0 Å². The van der Waals surface area contributed by atoms with Crippen LogP contribution in [0.4, 0.5) is 5.82 Å². The monoisotopic (exact) mass is 253 g/mol. The maximum Gasteiger partial charge on any atom is 0.253 e. The Morgan fingerprint density at radius 1 is 1.47 bits per heavy atom. The van der Waals surface area contributed by atoms with Gasteiger partial charge in [0.2, 0.25) is 0 Å². The van der Waals surface area contributed by atoms with E-state index in [2.05, 4.69) is 15.1 Å². The third-order valence-electron chi connectivity index (χ3n) is 2.15. The molecular weight excluding hydrogens is 242 g/mol. The van der Waals surface area contributed by atoms with Crippen LogP contribution in [0.5, 0.6) is 0 Å². The van der Waals surface area contributed by atoms with E-state index in [4.69, 9.17) is 5.73 Å². The highest BCUT2D eigenvalue weighted by Gasteiger charge is 2.13. The maximum atomic E-state index is 11.5. The van der Waals surface area contributed by atoms with Gasteiger partial charge in [0.25, 0.3) is 10.0 Å². The fraction of sp³-hybridized carbons (Fsp3) is 0.222. The van der Waals surface area contributed by atoms with Crippen LogP contribution < -0.4 is 5.73 Å². The Bertz CT molecular complexity index is 634. The van der Waals surface area contributed by atoms with Crippen LogP contribution in [-0.2, 0) is 10.0 Å². The molecule has 2 rings (SSSR count). The summed E-state index contributed by atoms with van der Waals surface area (Å²) >= 11 is 0. The molecule has 0 saturated heterocycles.